The number of hydrogen-bond donors (Lipinski definition) is 2. The Morgan fingerprint density at radius 3 is 2.56 bits per heavy atom. The van der Waals surface area contributed by atoms with Gasteiger partial charge in [-0.25, -0.2) is 4.79 Å². The summed E-state index contributed by atoms with van der Waals surface area (Å²) in [5, 5.41) is 11.4. The van der Waals surface area contributed by atoms with E-state index in [1.807, 2.05) is 0 Å². The van der Waals surface area contributed by atoms with Crippen LogP contribution in [0.5, 0.6) is 0 Å². The number of nitrogens with zero attached hydrogens (tertiary/aromatic N) is 1. The summed E-state index contributed by atoms with van der Waals surface area (Å²) >= 11 is 0. The minimum atomic E-state index is -1.15. The molecule has 1 aliphatic heterocycles. The highest BCUT2D eigenvalue weighted by Gasteiger charge is 2.27. The molecule has 1 atom stereocenters. The molecule has 0 aliphatic carbocycles. The van der Waals surface area contributed by atoms with Gasteiger partial charge in [0, 0.05) is 26.8 Å². The number of likely N-dealkylation sites (N-methyl/N-ethyl adjacent to an activating group) is 2. The molecule has 1 rings (SSSR count). The quantitative estimate of drug-likeness (QED) is 0.652. The molecule has 1 saturated heterocycles. The van der Waals surface area contributed by atoms with E-state index in [1.165, 1.54) is 11.9 Å². The van der Waals surface area contributed by atoms with E-state index in [9.17, 15) is 9.59 Å². The van der Waals surface area contributed by atoms with Crippen LogP contribution in [0, 0.1) is 5.92 Å². The number of rotatable bonds is 6. The lowest BCUT2D eigenvalue weighted by Crippen LogP contribution is -2.48. The Balaban J connectivity index is 2.36. The van der Waals surface area contributed by atoms with Crippen LogP contribution in [0.25, 0.3) is 0 Å². The molecule has 1 amide bonds. The number of carbonyl (C=O) groups excluding carboxylic acids is 1. The average Bonchev–Trinajstić information content (AvgIpc) is 2.37. The van der Waals surface area contributed by atoms with Gasteiger partial charge in [-0.1, -0.05) is 0 Å². The van der Waals surface area contributed by atoms with Crippen molar-refractivity contribution in [3.8, 4) is 0 Å². The Labute approximate surface area is 107 Å². The van der Waals surface area contributed by atoms with Gasteiger partial charge in [-0.3, -0.25) is 10.1 Å². The first-order chi connectivity index (χ1) is 8.56. The maximum Gasteiger partial charge on any atom is 0.330 e. The Hall–Kier alpha value is -1.14. The number of nitrogens with one attached hydrogen (secondary N) is 1. The lowest BCUT2D eigenvalue weighted by atomic mass is 9.96. The Morgan fingerprint density at radius 2 is 2.06 bits per heavy atom. The average molecular weight is 258 g/mol. The lowest BCUT2D eigenvalue weighted by molar-refractivity contribution is -0.147. The third-order valence-electron chi connectivity index (χ3n) is 3.37. The second kappa shape index (κ2) is 7.33. The van der Waals surface area contributed by atoms with Crippen molar-refractivity contribution in [3.63, 3.8) is 0 Å². The normalized spacial score (nSPS) is 18.3. The van der Waals surface area contributed by atoms with Gasteiger partial charge in [-0.05, 0) is 32.2 Å². The van der Waals surface area contributed by atoms with Crippen LogP contribution in [0.2, 0.25) is 0 Å². The number of hydrogen-bond acceptors (Lipinski definition) is 4. The monoisotopic (exact) mass is 258 g/mol. The Bertz CT molecular complexity index is 290. The number of carbonyl (C=O) groups is 2. The Morgan fingerprint density at radius 1 is 1.44 bits per heavy atom. The number of ether oxygens (including phenoxy) is 1. The molecular weight excluding hydrogens is 236 g/mol. The molecule has 0 spiro atoms. The number of aliphatic carboxylic acids is 1. The molecular formula is C12H22N2O4. The molecule has 0 aromatic heterocycles. The standard InChI is InChI=1S/C12H22N2O4/c1-13-10(12(16)17)11(15)14(2)6-3-9-4-7-18-8-5-9/h9-10,13H,3-8H2,1-2H3,(H,16,17). The highest BCUT2D eigenvalue weighted by atomic mass is 16.5. The van der Waals surface area contributed by atoms with Crippen LogP contribution in [0.4, 0.5) is 0 Å². The zero-order valence-corrected chi connectivity index (χ0v) is 11.0. The fraction of sp³-hybridized carbons (Fsp3) is 0.833. The summed E-state index contributed by atoms with van der Waals surface area (Å²) in [6.45, 7) is 2.17. The van der Waals surface area contributed by atoms with Gasteiger partial charge in [0.05, 0.1) is 0 Å². The van der Waals surface area contributed by atoms with E-state index in [2.05, 4.69) is 5.32 Å². The minimum absolute atomic E-state index is 0.392. The van der Waals surface area contributed by atoms with E-state index in [1.54, 1.807) is 7.05 Å². The first kappa shape index (κ1) is 14.9. The summed E-state index contributed by atoms with van der Waals surface area (Å²) in [5.74, 6) is -0.954. The maximum atomic E-state index is 11.8. The lowest BCUT2D eigenvalue weighted by Gasteiger charge is -2.26. The van der Waals surface area contributed by atoms with Crippen molar-refractivity contribution < 1.29 is 19.4 Å². The number of carboxylic acids is 1. The van der Waals surface area contributed by atoms with E-state index in [0.717, 1.165) is 32.5 Å². The number of amides is 1. The molecule has 0 aromatic rings. The second-order valence-corrected chi connectivity index (χ2v) is 4.66. The molecule has 0 radical (unpaired) electrons. The highest BCUT2D eigenvalue weighted by Crippen LogP contribution is 2.18. The summed E-state index contributed by atoms with van der Waals surface area (Å²) in [6, 6.07) is -1.15. The van der Waals surface area contributed by atoms with Crippen molar-refractivity contribution in [3.05, 3.63) is 0 Å². The zero-order chi connectivity index (χ0) is 13.5. The van der Waals surface area contributed by atoms with Gasteiger partial charge in [0.1, 0.15) is 0 Å². The number of carboxylic acid groups (broad SMARTS) is 1. The Kier molecular flexibility index (Phi) is 6.07. The van der Waals surface area contributed by atoms with E-state index in [-0.39, 0.29) is 0 Å². The first-order valence-electron chi connectivity index (χ1n) is 6.29. The maximum absolute atomic E-state index is 11.8. The van der Waals surface area contributed by atoms with Gasteiger partial charge in [0.25, 0.3) is 5.91 Å². The fourth-order valence-electron chi connectivity index (χ4n) is 2.09. The van der Waals surface area contributed by atoms with Gasteiger partial charge < -0.3 is 14.7 Å². The third kappa shape index (κ3) is 4.27. The van der Waals surface area contributed by atoms with Crippen molar-refractivity contribution in [2.75, 3.05) is 33.9 Å². The van der Waals surface area contributed by atoms with Crippen LogP contribution in [-0.4, -0.2) is 61.8 Å². The van der Waals surface area contributed by atoms with Crippen molar-refractivity contribution >= 4 is 11.9 Å². The van der Waals surface area contributed by atoms with E-state index < -0.39 is 17.9 Å². The predicted molar refractivity (Wildman–Crippen MR) is 66.3 cm³/mol. The molecule has 1 heterocycles. The van der Waals surface area contributed by atoms with E-state index in [4.69, 9.17) is 9.84 Å². The first-order valence-corrected chi connectivity index (χ1v) is 6.29. The summed E-state index contributed by atoms with van der Waals surface area (Å²) < 4.78 is 5.27. The SMILES string of the molecule is CNC(C(=O)O)C(=O)N(C)CCC1CCOCC1. The predicted octanol–water partition coefficient (Wildman–Crippen LogP) is -0.0659. The van der Waals surface area contributed by atoms with E-state index >= 15 is 0 Å². The largest absolute Gasteiger partial charge is 0.480 e. The smallest absolute Gasteiger partial charge is 0.330 e. The van der Waals surface area contributed by atoms with Crippen LogP contribution in [-0.2, 0) is 14.3 Å². The van der Waals surface area contributed by atoms with E-state index in [0.29, 0.717) is 12.5 Å². The van der Waals surface area contributed by atoms with Crippen molar-refractivity contribution in [1.29, 1.82) is 0 Å². The van der Waals surface area contributed by atoms with Crippen LogP contribution >= 0.6 is 0 Å². The molecule has 1 unspecified atom stereocenters. The highest BCUT2D eigenvalue weighted by molar-refractivity contribution is 6.00. The van der Waals surface area contributed by atoms with Gasteiger partial charge in [0.2, 0.25) is 0 Å². The summed E-state index contributed by atoms with van der Waals surface area (Å²) in [5.41, 5.74) is 0. The van der Waals surface area contributed by atoms with Gasteiger partial charge in [-0.15, -0.1) is 0 Å². The summed E-state index contributed by atoms with van der Waals surface area (Å²) in [4.78, 5) is 24.2. The van der Waals surface area contributed by atoms with Gasteiger partial charge in [-0.2, -0.15) is 0 Å². The summed E-state index contributed by atoms with van der Waals surface area (Å²) in [6.07, 6.45) is 2.95. The molecule has 0 saturated carbocycles. The zero-order valence-electron chi connectivity index (χ0n) is 11.0. The van der Waals surface area contributed by atoms with Crippen LogP contribution < -0.4 is 5.32 Å². The molecule has 6 nitrogen and oxygen atoms in total. The molecule has 0 bridgehead atoms. The minimum Gasteiger partial charge on any atom is -0.480 e. The van der Waals surface area contributed by atoms with Crippen molar-refractivity contribution in [2.45, 2.75) is 25.3 Å². The third-order valence-corrected chi connectivity index (χ3v) is 3.37. The molecule has 1 aliphatic rings. The molecule has 1 fully saturated rings. The molecule has 6 heteroatoms. The molecule has 18 heavy (non-hydrogen) atoms. The van der Waals surface area contributed by atoms with Gasteiger partial charge in [0.15, 0.2) is 6.04 Å². The topological polar surface area (TPSA) is 78.9 Å². The van der Waals surface area contributed by atoms with Crippen LogP contribution in [0.15, 0.2) is 0 Å². The van der Waals surface area contributed by atoms with Crippen molar-refractivity contribution in [2.24, 2.45) is 5.92 Å². The second-order valence-electron chi connectivity index (χ2n) is 4.66. The van der Waals surface area contributed by atoms with Crippen LogP contribution in [0.3, 0.4) is 0 Å². The van der Waals surface area contributed by atoms with Gasteiger partial charge >= 0.3 is 5.97 Å². The molecule has 104 valence electrons. The summed E-state index contributed by atoms with van der Waals surface area (Å²) in [7, 11) is 3.12. The van der Waals surface area contributed by atoms with Crippen molar-refractivity contribution in [1.82, 2.24) is 10.2 Å². The fourth-order valence-corrected chi connectivity index (χ4v) is 2.09. The van der Waals surface area contributed by atoms with Crippen LogP contribution in [0.1, 0.15) is 19.3 Å². The molecule has 2 N–H and O–H groups in total. The molecule has 0 aromatic carbocycles.